The lowest BCUT2D eigenvalue weighted by Crippen LogP contribution is -2.29. The summed E-state index contributed by atoms with van der Waals surface area (Å²) in [6.45, 7) is 0.956. The van der Waals surface area contributed by atoms with Crippen LogP contribution in [0.4, 0.5) is 11.5 Å². The van der Waals surface area contributed by atoms with Gasteiger partial charge >= 0.3 is 11.7 Å². The first-order chi connectivity index (χ1) is 11.5. The SMILES string of the molecule is Cn1nc2cc(N3CCOc4cc(C(=O)O)cnc43)ccn2c1=O. The molecule has 1 aliphatic rings. The van der Waals surface area contributed by atoms with E-state index in [0.29, 0.717) is 30.4 Å². The van der Waals surface area contributed by atoms with Gasteiger partial charge in [0.2, 0.25) is 0 Å². The Labute approximate surface area is 135 Å². The zero-order valence-electron chi connectivity index (χ0n) is 12.7. The van der Waals surface area contributed by atoms with Gasteiger partial charge in [0.1, 0.15) is 6.61 Å². The fourth-order valence-electron chi connectivity index (χ4n) is 2.70. The van der Waals surface area contributed by atoms with E-state index in [1.54, 1.807) is 25.4 Å². The summed E-state index contributed by atoms with van der Waals surface area (Å²) in [6.07, 6.45) is 2.95. The maximum Gasteiger partial charge on any atom is 0.350 e. The fourth-order valence-corrected chi connectivity index (χ4v) is 2.70. The van der Waals surface area contributed by atoms with Crippen LogP contribution in [-0.2, 0) is 7.05 Å². The molecule has 1 aliphatic heterocycles. The van der Waals surface area contributed by atoms with E-state index in [9.17, 15) is 9.59 Å². The van der Waals surface area contributed by atoms with Gasteiger partial charge in [-0.25, -0.2) is 19.3 Å². The molecule has 3 aromatic rings. The molecule has 0 aromatic carbocycles. The van der Waals surface area contributed by atoms with Gasteiger partial charge in [-0.1, -0.05) is 0 Å². The number of aryl methyl sites for hydroxylation is 1. The van der Waals surface area contributed by atoms with E-state index in [-0.39, 0.29) is 11.3 Å². The fraction of sp³-hybridized carbons (Fsp3) is 0.200. The van der Waals surface area contributed by atoms with Gasteiger partial charge in [-0.05, 0) is 6.07 Å². The Balaban J connectivity index is 1.81. The van der Waals surface area contributed by atoms with Gasteiger partial charge in [0.15, 0.2) is 17.2 Å². The molecule has 4 rings (SSSR count). The Morgan fingerprint density at radius 1 is 1.38 bits per heavy atom. The predicted octanol–water partition coefficient (Wildman–Crippen LogP) is 0.657. The highest BCUT2D eigenvalue weighted by atomic mass is 16.5. The quantitative estimate of drug-likeness (QED) is 0.737. The summed E-state index contributed by atoms with van der Waals surface area (Å²) in [6, 6.07) is 5.03. The molecule has 0 unspecified atom stereocenters. The number of fused-ring (bicyclic) bond motifs is 2. The molecule has 0 atom stereocenters. The summed E-state index contributed by atoms with van der Waals surface area (Å²) in [5, 5.41) is 13.2. The number of aromatic carboxylic acids is 1. The van der Waals surface area contributed by atoms with Crippen LogP contribution in [0.25, 0.3) is 5.65 Å². The molecule has 1 N–H and O–H groups in total. The summed E-state index contributed by atoms with van der Waals surface area (Å²) < 4.78 is 8.25. The van der Waals surface area contributed by atoms with Gasteiger partial charge in [-0.2, -0.15) is 5.10 Å². The number of carboxylic acids is 1. The average molecular weight is 327 g/mol. The highest BCUT2D eigenvalue weighted by Crippen LogP contribution is 2.35. The molecule has 3 aromatic heterocycles. The molecule has 0 bridgehead atoms. The zero-order valence-corrected chi connectivity index (χ0v) is 12.7. The van der Waals surface area contributed by atoms with Crippen LogP contribution in [0.15, 0.2) is 35.4 Å². The van der Waals surface area contributed by atoms with Crippen LogP contribution >= 0.6 is 0 Å². The smallest absolute Gasteiger partial charge is 0.350 e. The minimum atomic E-state index is -1.06. The van der Waals surface area contributed by atoms with Crippen molar-refractivity contribution in [3.05, 3.63) is 46.6 Å². The first-order valence-corrected chi connectivity index (χ1v) is 7.24. The van der Waals surface area contributed by atoms with Crippen molar-refractivity contribution in [1.29, 1.82) is 0 Å². The van der Waals surface area contributed by atoms with Gasteiger partial charge in [0.25, 0.3) is 0 Å². The third-order valence-corrected chi connectivity index (χ3v) is 3.87. The molecule has 0 radical (unpaired) electrons. The molecule has 0 amide bonds. The van der Waals surface area contributed by atoms with E-state index in [1.807, 2.05) is 4.90 Å². The van der Waals surface area contributed by atoms with E-state index in [0.717, 1.165) is 5.69 Å². The number of nitrogens with zero attached hydrogens (tertiary/aromatic N) is 5. The zero-order chi connectivity index (χ0) is 16.8. The standard InChI is InChI=1S/C15H13N5O4/c1-18-15(23)20-3-2-10(7-12(20)17-18)19-4-5-24-11-6-9(14(21)22)8-16-13(11)19/h2-3,6-8H,4-5H2,1H3,(H,21,22). The summed E-state index contributed by atoms with van der Waals surface area (Å²) in [4.78, 5) is 29.1. The van der Waals surface area contributed by atoms with E-state index in [1.165, 1.54) is 21.3 Å². The van der Waals surface area contributed by atoms with E-state index >= 15 is 0 Å². The minimum Gasteiger partial charge on any atom is -0.488 e. The second kappa shape index (κ2) is 5.08. The van der Waals surface area contributed by atoms with Crippen LogP contribution in [-0.4, -0.2) is 43.4 Å². The normalized spacial score (nSPS) is 13.6. The maximum atomic E-state index is 11.9. The monoisotopic (exact) mass is 327 g/mol. The van der Waals surface area contributed by atoms with Crippen LogP contribution in [0.5, 0.6) is 5.75 Å². The van der Waals surface area contributed by atoms with Crippen molar-refractivity contribution in [2.24, 2.45) is 7.05 Å². The van der Waals surface area contributed by atoms with Crippen LogP contribution in [0.2, 0.25) is 0 Å². The number of pyridine rings is 2. The molecule has 0 aliphatic carbocycles. The van der Waals surface area contributed by atoms with E-state index in [2.05, 4.69) is 10.1 Å². The highest BCUT2D eigenvalue weighted by Gasteiger charge is 2.23. The second-order valence-electron chi connectivity index (χ2n) is 5.37. The lowest BCUT2D eigenvalue weighted by Gasteiger charge is -2.30. The van der Waals surface area contributed by atoms with Gasteiger partial charge in [-0.3, -0.25) is 4.40 Å². The number of aromatic nitrogens is 4. The van der Waals surface area contributed by atoms with Gasteiger partial charge in [-0.15, -0.1) is 0 Å². The largest absolute Gasteiger partial charge is 0.488 e. The minimum absolute atomic E-state index is 0.0716. The second-order valence-corrected chi connectivity index (χ2v) is 5.37. The van der Waals surface area contributed by atoms with E-state index in [4.69, 9.17) is 9.84 Å². The van der Waals surface area contributed by atoms with Crippen molar-refractivity contribution < 1.29 is 14.6 Å². The maximum absolute atomic E-state index is 11.9. The highest BCUT2D eigenvalue weighted by molar-refractivity contribution is 5.88. The summed E-state index contributed by atoms with van der Waals surface area (Å²) in [5.74, 6) is -0.103. The Morgan fingerprint density at radius 2 is 2.21 bits per heavy atom. The molecule has 24 heavy (non-hydrogen) atoms. The topological polar surface area (TPSA) is 102 Å². The lowest BCUT2D eigenvalue weighted by molar-refractivity contribution is 0.0696. The molecular formula is C15H13N5O4. The Kier molecular flexibility index (Phi) is 3.02. The van der Waals surface area contributed by atoms with Crippen LogP contribution in [0.3, 0.4) is 0 Å². The van der Waals surface area contributed by atoms with Crippen LogP contribution in [0, 0.1) is 0 Å². The molecule has 9 heteroatoms. The number of anilines is 2. The summed E-state index contributed by atoms with van der Waals surface area (Å²) in [7, 11) is 1.59. The van der Waals surface area contributed by atoms with Crippen molar-refractivity contribution in [3.8, 4) is 5.75 Å². The van der Waals surface area contributed by atoms with Gasteiger partial charge in [0.05, 0.1) is 12.1 Å². The molecule has 9 nitrogen and oxygen atoms in total. The molecule has 0 saturated carbocycles. The number of ether oxygens (including phenoxy) is 1. The molecule has 4 heterocycles. The number of hydrogen-bond acceptors (Lipinski definition) is 6. The number of hydrogen-bond donors (Lipinski definition) is 1. The lowest BCUT2D eigenvalue weighted by atomic mass is 10.2. The molecule has 0 spiro atoms. The van der Waals surface area contributed by atoms with Crippen LogP contribution in [0.1, 0.15) is 10.4 Å². The third kappa shape index (κ3) is 2.09. The Hall–Kier alpha value is -3.36. The molecular weight excluding hydrogens is 314 g/mol. The average Bonchev–Trinajstić information content (AvgIpc) is 2.87. The molecule has 0 fully saturated rings. The van der Waals surface area contributed by atoms with Crippen molar-refractivity contribution in [2.45, 2.75) is 0 Å². The number of rotatable bonds is 2. The van der Waals surface area contributed by atoms with Crippen molar-refractivity contribution in [2.75, 3.05) is 18.1 Å². The third-order valence-electron chi connectivity index (χ3n) is 3.87. The summed E-state index contributed by atoms with van der Waals surface area (Å²) >= 11 is 0. The Bertz CT molecular complexity index is 1020. The number of carboxylic acid groups (broad SMARTS) is 1. The number of carbonyl (C=O) groups is 1. The van der Waals surface area contributed by atoms with Gasteiger partial charge < -0.3 is 14.7 Å². The Morgan fingerprint density at radius 3 is 3.00 bits per heavy atom. The predicted molar refractivity (Wildman–Crippen MR) is 84.1 cm³/mol. The van der Waals surface area contributed by atoms with Crippen molar-refractivity contribution >= 4 is 23.1 Å². The van der Waals surface area contributed by atoms with Crippen molar-refractivity contribution in [3.63, 3.8) is 0 Å². The molecule has 122 valence electrons. The van der Waals surface area contributed by atoms with E-state index < -0.39 is 5.97 Å². The van der Waals surface area contributed by atoms with Crippen molar-refractivity contribution in [1.82, 2.24) is 19.2 Å². The summed E-state index contributed by atoms with van der Waals surface area (Å²) in [5.41, 5.74) is 1.17. The van der Waals surface area contributed by atoms with Crippen LogP contribution < -0.4 is 15.3 Å². The first kappa shape index (κ1) is 14.2. The first-order valence-electron chi connectivity index (χ1n) is 7.24. The molecule has 0 saturated heterocycles. The van der Waals surface area contributed by atoms with Gasteiger partial charge in [0, 0.05) is 37.3 Å².